The summed E-state index contributed by atoms with van der Waals surface area (Å²) in [5, 5.41) is 3.44. The van der Waals surface area contributed by atoms with Crippen molar-refractivity contribution in [2.24, 2.45) is 23.7 Å². The molecule has 3 amide bonds. The van der Waals surface area contributed by atoms with Gasteiger partial charge in [-0.3, -0.25) is 19.3 Å². The Kier molecular flexibility index (Phi) is 4.24. The van der Waals surface area contributed by atoms with Gasteiger partial charge in [0, 0.05) is 16.3 Å². The number of benzene rings is 2. The largest absolute Gasteiger partial charge is 0.322 e. The third kappa shape index (κ3) is 2.79. The Morgan fingerprint density at radius 3 is 2.24 bits per heavy atom. The average Bonchev–Trinajstić information content (AvgIpc) is 3.39. The zero-order chi connectivity index (χ0) is 20.3. The molecule has 2 bridgehead atoms. The van der Waals surface area contributed by atoms with Gasteiger partial charge in [0.2, 0.25) is 11.8 Å². The van der Waals surface area contributed by atoms with Crippen molar-refractivity contribution in [1.82, 2.24) is 0 Å². The molecule has 1 N–H and O–H groups in total. The van der Waals surface area contributed by atoms with Gasteiger partial charge in [-0.05, 0) is 80.0 Å². The van der Waals surface area contributed by atoms with Crippen LogP contribution in [0.3, 0.4) is 0 Å². The lowest BCUT2D eigenvalue weighted by molar-refractivity contribution is -0.123. The molecule has 4 atom stereocenters. The number of carbonyl (C=O) groups excluding carboxylic acids is 3. The third-order valence-corrected chi connectivity index (χ3v) is 7.24. The Bertz CT molecular complexity index is 1000. The van der Waals surface area contributed by atoms with E-state index >= 15 is 0 Å². The van der Waals surface area contributed by atoms with Gasteiger partial charge in [0.1, 0.15) is 0 Å². The summed E-state index contributed by atoms with van der Waals surface area (Å²) in [6.07, 6.45) is 3.13. The number of anilines is 2. The van der Waals surface area contributed by atoms with Crippen LogP contribution in [0.2, 0.25) is 5.02 Å². The van der Waals surface area contributed by atoms with Crippen LogP contribution in [-0.4, -0.2) is 17.7 Å². The second kappa shape index (κ2) is 6.70. The van der Waals surface area contributed by atoms with E-state index in [4.69, 9.17) is 11.6 Å². The molecule has 5 rings (SSSR count). The number of rotatable bonds is 3. The normalized spacial score (nSPS) is 27.4. The SMILES string of the molecule is Cc1c(Cl)cccc1NC(=O)c1ccc(N2C(=O)[C@H]3[C@H]4CC[C@@H](C4)[C@@H]3C2=O)cc1. The zero-order valence-electron chi connectivity index (χ0n) is 16.0. The first-order chi connectivity index (χ1) is 14.0. The summed E-state index contributed by atoms with van der Waals surface area (Å²) in [6.45, 7) is 1.84. The van der Waals surface area contributed by atoms with Crippen LogP contribution in [0.4, 0.5) is 11.4 Å². The Morgan fingerprint density at radius 2 is 1.62 bits per heavy atom. The van der Waals surface area contributed by atoms with Gasteiger partial charge in [-0.25, -0.2) is 0 Å². The second-order valence-corrected chi connectivity index (χ2v) is 8.72. The predicted octanol–water partition coefficient (Wildman–Crippen LogP) is 4.44. The molecule has 0 spiro atoms. The molecule has 0 radical (unpaired) electrons. The summed E-state index contributed by atoms with van der Waals surface area (Å²) < 4.78 is 0. The summed E-state index contributed by atoms with van der Waals surface area (Å²) >= 11 is 6.11. The number of amides is 3. The smallest absolute Gasteiger partial charge is 0.255 e. The maximum absolute atomic E-state index is 12.9. The maximum atomic E-state index is 12.9. The fraction of sp³-hybridized carbons (Fsp3) is 0.348. The molecule has 0 unspecified atom stereocenters. The van der Waals surface area contributed by atoms with Crippen LogP contribution in [0.1, 0.15) is 35.2 Å². The number of halogens is 1. The average molecular weight is 409 g/mol. The molecule has 29 heavy (non-hydrogen) atoms. The highest BCUT2D eigenvalue weighted by Crippen LogP contribution is 2.56. The Labute approximate surface area is 174 Å². The lowest BCUT2D eigenvalue weighted by atomic mass is 9.81. The number of nitrogens with one attached hydrogen (secondary N) is 1. The Hall–Kier alpha value is -2.66. The summed E-state index contributed by atoms with van der Waals surface area (Å²) in [5.41, 5.74) is 2.45. The van der Waals surface area contributed by atoms with E-state index in [1.807, 2.05) is 6.92 Å². The van der Waals surface area contributed by atoms with Gasteiger partial charge in [-0.2, -0.15) is 0 Å². The van der Waals surface area contributed by atoms with Crippen LogP contribution in [0, 0.1) is 30.6 Å². The number of hydrogen-bond acceptors (Lipinski definition) is 3. The van der Waals surface area contributed by atoms with Crippen molar-refractivity contribution < 1.29 is 14.4 Å². The van der Waals surface area contributed by atoms with Crippen molar-refractivity contribution in [2.75, 3.05) is 10.2 Å². The standard InChI is InChI=1S/C23H21ClN2O3/c1-12-17(24)3-2-4-18(12)25-21(27)13-7-9-16(10-8-13)26-22(28)19-14-5-6-15(11-14)20(19)23(26)29/h2-4,7-10,14-15,19-20H,5-6,11H2,1H3,(H,25,27)/t14-,15-,19-,20-/m0/s1. The first-order valence-corrected chi connectivity index (χ1v) is 10.4. The highest BCUT2D eigenvalue weighted by Gasteiger charge is 2.61. The molecule has 6 heteroatoms. The molecular formula is C23H21ClN2O3. The maximum Gasteiger partial charge on any atom is 0.255 e. The second-order valence-electron chi connectivity index (χ2n) is 8.31. The molecule has 0 aromatic heterocycles. The van der Waals surface area contributed by atoms with Crippen molar-refractivity contribution in [3.8, 4) is 0 Å². The van der Waals surface area contributed by atoms with Crippen molar-refractivity contribution >= 4 is 40.7 Å². The highest BCUT2D eigenvalue weighted by atomic mass is 35.5. The molecule has 2 aromatic rings. The third-order valence-electron chi connectivity index (χ3n) is 6.83. The first-order valence-electron chi connectivity index (χ1n) is 10.00. The van der Waals surface area contributed by atoms with Gasteiger partial charge < -0.3 is 5.32 Å². The van der Waals surface area contributed by atoms with E-state index in [1.54, 1.807) is 42.5 Å². The van der Waals surface area contributed by atoms with E-state index < -0.39 is 0 Å². The van der Waals surface area contributed by atoms with Gasteiger partial charge >= 0.3 is 0 Å². The van der Waals surface area contributed by atoms with Crippen molar-refractivity contribution in [3.63, 3.8) is 0 Å². The fourth-order valence-corrected chi connectivity index (χ4v) is 5.54. The molecule has 2 saturated carbocycles. The van der Waals surface area contributed by atoms with Gasteiger partial charge in [-0.15, -0.1) is 0 Å². The number of fused-ring (bicyclic) bond motifs is 5. The minimum absolute atomic E-state index is 0.0704. The molecule has 3 fully saturated rings. The topological polar surface area (TPSA) is 66.5 Å². The lowest BCUT2D eigenvalue weighted by Crippen LogP contribution is -2.32. The van der Waals surface area contributed by atoms with Crippen LogP contribution in [0.15, 0.2) is 42.5 Å². The van der Waals surface area contributed by atoms with E-state index in [0.717, 1.165) is 24.8 Å². The number of imide groups is 1. The van der Waals surface area contributed by atoms with Crippen LogP contribution >= 0.6 is 11.6 Å². The van der Waals surface area contributed by atoms with Gasteiger partial charge in [0.15, 0.2) is 0 Å². The van der Waals surface area contributed by atoms with Crippen molar-refractivity contribution in [3.05, 3.63) is 58.6 Å². The monoisotopic (exact) mass is 408 g/mol. The number of carbonyl (C=O) groups is 3. The molecule has 148 valence electrons. The summed E-state index contributed by atoms with van der Waals surface area (Å²) in [6, 6.07) is 12.0. The molecule has 1 heterocycles. The van der Waals surface area contributed by atoms with Gasteiger partial charge in [0.05, 0.1) is 17.5 Å². The molecule has 1 aliphatic heterocycles. The van der Waals surface area contributed by atoms with Crippen LogP contribution < -0.4 is 10.2 Å². The molecule has 2 aromatic carbocycles. The molecule has 3 aliphatic rings. The summed E-state index contributed by atoms with van der Waals surface area (Å²) in [4.78, 5) is 39.8. The van der Waals surface area contributed by atoms with Crippen molar-refractivity contribution in [1.29, 1.82) is 0 Å². The van der Waals surface area contributed by atoms with E-state index in [-0.39, 0.29) is 29.6 Å². The quantitative estimate of drug-likeness (QED) is 0.763. The molecule has 5 nitrogen and oxygen atoms in total. The lowest BCUT2D eigenvalue weighted by Gasteiger charge is -2.19. The highest BCUT2D eigenvalue weighted by molar-refractivity contribution is 6.31. The number of nitrogens with zero attached hydrogens (tertiary/aromatic N) is 1. The van der Waals surface area contributed by atoms with E-state index in [9.17, 15) is 14.4 Å². The van der Waals surface area contributed by atoms with Crippen LogP contribution in [-0.2, 0) is 9.59 Å². The molecule has 2 aliphatic carbocycles. The van der Waals surface area contributed by atoms with E-state index in [1.165, 1.54) is 4.90 Å². The predicted molar refractivity (Wildman–Crippen MR) is 111 cm³/mol. The Balaban J connectivity index is 1.35. The molecule has 1 saturated heterocycles. The minimum atomic E-state index is -0.268. The summed E-state index contributed by atoms with van der Waals surface area (Å²) in [5.74, 6) is 0.0220. The van der Waals surface area contributed by atoms with Crippen molar-refractivity contribution in [2.45, 2.75) is 26.2 Å². The van der Waals surface area contributed by atoms with Gasteiger partial charge in [0.25, 0.3) is 5.91 Å². The van der Waals surface area contributed by atoms with Gasteiger partial charge in [-0.1, -0.05) is 17.7 Å². The number of hydrogen-bond donors (Lipinski definition) is 1. The van der Waals surface area contributed by atoms with E-state index in [2.05, 4.69) is 5.32 Å². The molecular weight excluding hydrogens is 388 g/mol. The van der Waals surface area contributed by atoms with Crippen LogP contribution in [0.25, 0.3) is 0 Å². The first kappa shape index (κ1) is 18.4. The van der Waals surface area contributed by atoms with E-state index in [0.29, 0.717) is 33.8 Å². The minimum Gasteiger partial charge on any atom is -0.322 e. The zero-order valence-corrected chi connectivity index (χ0v) is 16.8. The Morgan fingerprint density at radius 1 is 1.00 bits per heavy atom. The van der Waals surface area contributed by atoms with Crippen LogP contribution in [0.5, 0.6) is 0 Å². The fourth-order valence-electron chi connectivity index (χ4n) is 5.36. The summed E-state index contributed by atoms with van der Waals surface area (Å²) in [7, 11) is 0.